The average molecular weight is 336 g/mol. The summed E-state index contributed by atoms with van der Waals surface area (Å²) in [6, 6.07) is -0.639. The van der Waals surface area contributed by atoms with E-state index in [0.29, 0.717) is 17.1 Å². The lowest BCUT2D eigenvalue weighted by Crippen LogP contribution is -2.30. The number of primary amides is 1. The number of urea groups is 1. The van der Waals surface area contributed by atoms with Gasteiger partial charge in [-0.15, -0.1) is 0 Å². The van der Waals surface area contributed by atoms with Crippen molar-refractivity contribution >= 4 is 11.7 Å². The Morgan fingerprint density at radius 1 is 1.33 bits per heavy atom. The molecule has 0 aromatic rings. The molecule has 0 radical (unpaired) electrons. The first kappa shape index (κ1) is 21.4. The van der Waals surface area contributed by atoms with Crippen LogP contribution < -0.4 is 16.5 Å². The van der Waals surface area contributed by atoms with Gasteiger partial charge in [0.25, 0.3) is 0 Å². The van der Waals surface area contributed by atoms with Gasteiger partial charge in [-0.05, 0) is 31.6 Å². The van der Waals surface area contributed by atoms with Gasteiger partial charge in [-0.25, -0.2) is 10.2 Å². The molecule has 0 atom stereocenters. The first-order valence-electron chi connectivity index (χ1n) is 7.28. The Labute approximate surface area is 143 Å². The molecule has 0 bridgehead atoms. The van der Waals surface area contributed by atoms with Crippen LogP contribution in [0, 0.1) is 0 Å². The van der Waals surface area contributed by atoms with Crippen molar-refractivity contribution in [1.82, 2.24) is 20.8 Å². The standard InChI is InChI=1S/C16H28N6O2/c1-8-14(22(24)19-5)9-13(10-21(6)7)15(18-4)11(2)12(3)20-16(17)23/h8-10,19,24H,1H2,2-7H3,(H3,17,20,23)/b12-11+,13-10+,14-9+,18-15+. The number of nitrogens with two attached hydrogens (primary N) is 1. The van der Waals surface area contributed by atoms with Crippen molar-refractivity contribution in [2.24, 2.45) is 10.7 Å². The maximum absolute atomic E-state index is 11.1. The maximum Gasteiger partial charge on any atom is 0.316 e. The molecule has 0 rings (SSSR count). The van der Waals surface area contributed by atoms with E-state index in [1.165, 1.54) is 6.08 Å². The molecular weight excluding hydrogens is 308 g/mol. The van der Waals surface area contributed by atoms with Crippen LogP contribution in [0.25, 0.3) is 0 Å². The lowest BCUT2D eigenvalue weighted by molar-refractivity contribution is -0.0911. The summed E-state index contributed by atoms with van der Waals surface area (Å²) in [4.78, 5) is 17.2. The van der Waals surface area contributed by atoms with Gasteiger partial charge in [0.1, 0.15) is 0 Å². The Hall–Kier alpha value is -2.58. The fourth-order valence-electron chi connectivity index (χ4n) is 1.91. The highest BCUT2D eigenvalue weighted by molar-refractivity contribution is 6.14. The summed E-state index contributed by atoms with van der Waals surface area (Å²) in [5.41, 5.74) is 10.9. The first-order chi connectivity index (χ1) is 11.2. The molecular formula is C16H28N6O2. The van der Waals surface area contributed by atoms with Crippen molar-refractivity contribution in [1.29, 1.82) is 0 Å². The van der Waals surface area contributed by atoms with E-state index >= 15 is 0 Å². The lowest BCUT2D eigenvalue weighted by Gasteiger charge is -2.19. The molecule has 0 aromatic carbocycles. The monoisotopic (exact) mass is 336 g/mol. The van der Waals surface area contributed by atoms with Gasteiger partial charge in [0, 0.05) is 45.7 Å². The van der Waals surface area contributed by atoms with Crippen LogP contribution in [-0.2, 0) is 0 Å². The van der Waals surface area contributed by atoms with Crippen LogP contribution >= 0.6 is 0 Å². The molecule has 134 valence electrons. The Morgan fingerprint density at radius 3 is 2.29 bits per heavy atom. The summed E-state index contributed by atoms with van der Waals surface area (Å²) >= 11 is 0. The highest BCUT2D eigenvalue weighted by Gasteiger charge is 2.13. The Kier molecular flexibility index (Phi) is 9.14. The minimum atomic E-state index is -0.639. The number of hydroxylamine groups is 1. The number of amides is 2. The number of hydrogen-bond donors (Lipinski definition) is 4. The Balaban J connectivity index is 6.12. The lowest BCUT2D eigenvalue weighted by atomic mass is 10.0. The molecule has 5 N–H and O–H groups in total. The van der Waals surface area contributed by atoms with Crippen molar-refractivity contribution in [2.75, 3.05) is 28.2 Å². The second-order valence-electron chi connectivity index (χ2n) is 5.17. The van der Waals surface area contributed by atoms with Crippen molar-refractivity contribution in [3.8, 4) is 0 Å². The number of nitrogens with zero attached hydrogens (tertiary/aromatic N) is 3. The fraction of sp³-hybridized carbons (Fsp3) is 0.375. The average Bonchev–Trinajstić information content (AvgIpc) is 2.50. The van der Waals surface area contributed by atoms with E-state index in [1.807, 2.05) is 32.1 Å². The Morgan fingerprint density at radius 2 is 1.92 bits per heavy atom. The van der Waals surface area contributed by atoms with Crippen molar-refractivity contribution in [3.63, 3.8) is 0 Å². The minimum absolute atomic E-state index is 0.431. The van der Waals surface area contributed by atoms with Gasteiger partial charge in [0.2, 0.25) is 0 Å². The summed E-state index contributed by atoms with van der Waals surface area (Å²) in [5, 5.41) is 13.2. The summed E-state index contributed by atoms with van der Waals surface area (Å²) in [6.07, 6.45) is 5.06. The SMILES string of the molecule is C=C\C(=C/C(=C\N(C)C)C(=N/C)/C(C)=C(\C)NC(N)=O)N(O)NC. The molecule has 8 nitrogen and oxygen atoms in total. The van der Waals surface area contributed by atoms with Crippen LogP contribution in [-0.4, -0.2) is 55.2 Å². The molecule has 0 aliphatic heterocycles. The number of allylic oxidation sites excluding steroid dienone is 5. The van der Waals surface area contributed by atoms with E-state index < -0.39 is 6.03 Å². The molecule has 8 heteroatoms. The third-order valence-electron chi connectivity index (χ3n) is 3.09. The number of rotatable bonds is 8. The van der Waals surface area contributed by atoms with Crippen molar-refractivity contribution in [3.05, 3.63) is 47.5 Å². The molecule has 0 aliphatic carbocycles. The van der Waals surface area contributed by atoms with Gasteiger partial charge in [-0.3, -0.25) is 10.2 Å². The van der Waals surface area contributed by atoms with Gasteiger partial charge in [0.05, 0.1) is 11.4 Å². The summed E-state index contributed by atoms with van der Waals surface area (Å²) in [5.74, 6) is 0. The second-order valence-corrected chi connectivity index (χ2v) is 5.17. The first-order valence-corrected chi connectivity index (χ1v) is 7.28. The third kappa shape index (κ3) is 6.67. The number of carbonyl (C=O) groups is 1. The molecule has 0 heterocycles. The molecule has 0 unspecified atom stereocenters. The van der Waals surface area contributed by atoms with Gasteiger partial charge in [-0.1, -0.05) is 6.58 Å². The molecule has 0 fully saturated rings. The van der Waals surface area contributed by atoms with E-state index in [2.05, 4.69) is 22.3 Å². The summed E-state index contributed by atoms with van der Waals surface area (Å²) in [6.45, 7) is 7.26. The normalized spacial score (nSPS) is 14.0. The molecule has 24 heavy (non-hydrogen) atoms. The highest BCUT2D eigenvalue weighted by atomic mass is 16.5. The van der Waals surface area contributed by atoms with E-state index in [-0.39, 0.29) is 0 Å². The quantitative estimate of drug-likeness (QED) is 0.304. The van der Waals surface area contributed by atoms with Crippen LogP contribution in [0.3, 0.4) is 0 Å². The van der Waals surface area contributed by atoms with E-state index in [0.717, 1.165) is 16.3 Å². The summed E-state index contributed by atoms with van der Waals surface area (Å²) < 4.78 is 0. The third-order valence-corrected chi connectivity index (χ3v) is 3.09. The number of hydrogen-bond acceptors (Lipinski definition) is 6. The molecule has 0 saturated heterocycles. The summed E-state index contributed by atoms with van der Waals surface area (Å²) in [7, 11) is 6.97. The molecule has 0 aromatic heterocycles. The van der Waals surface area contributed by atoms with Crippen LogP contribution in [0.1, 0.15) is 13.8 Å². The molecule has 2 amide bonds. The van der Waals surface area contributed by atoms with E-state index in [1.54, 1.807) is 27.1 Å². The highest BCUT2D eigenvalue weighted by Crippen LogP contribution is 2.16. The topological polar surface area (TPSA) is 106 Å². The molecule has 0 aliphatic rings. The second kappa shape index (κ2) is 10.2. The van der Waals surface area contributed by atoms with Crippen LogP contribution in [0.4, 0.5) is 4.79 Å². The number of hydrazine groups is 1. The zero-order valence-corrected chi connectivity index (χ0v) is 15.2. The van der Waals surface area contributed by atoms with Gasteiger partial charge < -0.3 is 16.0 Å². The Bertz CT molecular complexity index is 587. The number of carbonyl (C=O) groups excluding carboxylic acids is 1. The van der Waals surface area contributed by atoms with Gasteiger partial charge in [-0.2, -0.15) is 5.17 Å². The largest absolute Gasteiger partial charge is 0.383 e. The molecule has 0 spiro atoms. The van der Waals surface area contributed by atoms with Gasteiger partial charge >= 0.3 is 6.03 Å². The smallest absolute Gasteiger partial charge is 0.316 e. The van der Waals surface area contributed by atoms with E-state index in [9.17, 15) is 10.0 Å². The number of nitrogens with one attached hydrogen (secondary N) is 2. The number of aliphatic imine (C=N–C) groups is 1. The fourth-order valence-corrected chi connectivity index (χ4v) is 1.91. The van der Waals surface area contributed by atoms with Crippen molar-refractivity contribution in [2.45, 2.75) is 13.8 Å². The maximum atomic E-state index is 11.1. The predicted octanol–water partition coefficient (Wildman–Crippen LogP) is 1.36. The van der Waals surface area contributed by atoms with Gasteiger partial charge in [0.15, 0.2) is 0 Å². The zero-order valence-electron chi connectivity index (χ0n) is 15.2. The van der Waals surface area contributed by atoms with Crippen LogP contribution in [0.15, 0.2) is 52.5 Å². The minimum Gasteiger partial charge on any atom is -0.383 e. The zero-order chi connectivity index (χ0) is 18.9. The van der Waals surface area contributed by atoms with E-state index in [4.69, 9.17) is 5.73 Å². The molecule has 0 saturated carbocycles. The van der Waals surface area contributed by atoms with Crippen LogP contribution in [0.2, 0.25) is 0 Å². The van der Waals surface area contributed by atoms with Crippen LogP contribution in [0.5, 0.6) is 0 Å². The van der Waals surface area contributed by atoms with Crippen molar-refractivity contribution < 1.29 is 10.0 Å². The predicted molar refractivity (Wildman–Crippen MR) is 97.2 cm³/mol.